The number of aryl methyl sites for hydroxylation is 1. The molecule has 2 aromatic carbocycles. The van der Waals surface area contributed by atoms with Crippen LogP contribution < -0.4 is 4.74 Å². The largest absolute Gasteiger partial charge is 0.476 e. The normalized spacial score (nSPS) is 25.7. The SMILES string of the molecule is Cc1ccc([C@@H]2Oc3cc(CO)ccc3[C@H](O)[C@@]2(Cl)[N+](=O)[O-])cc1. The molecular formula is C17H16ClNO5. The molecule has 0 aliphatic carbocycles. The predicted octanol–water partition coefficient (Wildman–Crippen LogP) is 2.87. The van der Waals surface area contributed by atoms with E-state index in [1.807, 2.05) is 6.92 Å². The second kappa shape index (κ2) is 6.05. The van der Waals surface area contributed by atoms with Crippen molar-refractivity contribution in [1.82, 2.24) is 0 Å². The van der Waals surface area contributed by atoms with Crippen molar-refractivity contribution < 1.29 is 19.9 Å². The number of nitrogens with zero attached hydrogens (tertiary/aromatic N) is 1. The topological polar surface area (TPSA) is 92.8 Å². The second-order valence-electron chi connectivity index (χ2n) is 5.83. The number of nitro groups is 1. The Hall–Kier alpha value is -2.15. The molecule has 2 aromatic rings. The highest BCUT2D eigenvalue weighted by Gasteiger charge is 2.61. The third-order valence-electron chi connectivity index (χ3n) is 4.21. The van der Waals surface area contributed by atoms with Crippen LogP contribution >= 0.6 is 11.6 Å². The van der Waals surface area contributed by atoms with Crippen molar-refractivity contribution in [1.29, 1.82) is 0 Å². The van der Waals surface area contributed by atoms with Gasteiger partial charge in [0.1, 0.15) is 5.75 Å². The van der Waals surface area contributed by atoms with E-state index in [9.17, 15) is 20.3 Å². The van der Waals surface area contributed by atoms with Crippen LogP contribution in [0.1, 0.15) is 34.5 Å². The minimum Gasteiger partial charge on any atom is -0.476 e. The molecule has 3 atom stereocenters. The molecule has 0 saturated carbocycles. The van der Waals surface area contributed by atoms with Gasteiger partial charge in [0.2, 0.25) is 6.10 Å². The molecular weight excluding hydrogens is 334 g/mol. The van der Waals surface area contributed by atoms with Crippen LogP contribution in [-0.4, -0.2) is 20.1 Å². The van der Waals surface area contributed by atoms with Gasteiger partial charge in [0, 0.05) is 11.1 Å². The second-order valence-corrected chi connectivity index (χ2v) is 6.43. The van der Waals surface area contributed by atoms with Crippen LogP contribution in [0.4, 0.5) is 0 Å². The molecule has 7 heteroatoms. The Labute approximate surface area is 143 Å². The number of ether oxygens (including phenoxy) is 1. The van der Waals surface area contributed by atoms with Gasteiger partial charge in [0.25, 0.3) is 0 Å². The third-order valence-corrected chi connectivity index (χ3v) is 4.75. The van der Waals surface area contributed by atoms with Gasteiger partial charge in [-0.15, -0.1) is 0 Å². The highest BCUT2D eigenvalue weighted by Crippen LogP contribution is 2.51. The lowest BCUT2D eigenvalue weighted by molar-refractivity contribution is -0.570. The maximum atomic E-state index is 11.7. The van der Waals surface area contributed by atoms with E-state index >= 15 is 0 Å². The van der Waals surface area contributed by atoms with E-state index in [-0.39, 0.29) is 17.9 Å². The first kappa shape index (κ1) is 16.7. The monoisotopic (exact) mass is 349 g/mol. The zero-order valence-electron chi connectivity index (χ0n) is 12.8. The fraction of sp³-hybridized carbons (Fsp3) is 0.294. The summed E-state index contributed by atoms with van der Waals surface area (Å²) < 4.78 is 5.80. The van der Waals surface area contributed by atoms with Crippen molar-refractivity contribution in [2.75, 3.05) is 0 Å². The molecule has 0 saturated heterocycles. The van der Waals surface area contributed by atoms with Gasteiger partial charge in [0.15, 0.2) is 6.10 Å². The van der Waals surface area contributed by atoms with Crippen molar-refractivity contribution in [3.8, 4) is 5.75 Å². The van der Waals surface area contributed by atoms with E-state index in [4.69, 9.17) is 16.3 Å². The quantitative estimate of drug-likeness (QED) is 0.384. The lowest BCUT2D eigenvalue weighted by Gasteiger charge is -2.37. The first-order valence-corrected chi connectivity index (χ1v) is 7.74. The molecule has 126 valence electrons. The van der Waals surface area contributed by atoms with E-state index in [1.165, 1.54) is 6.07 Å². The maximum absolute atomic E-state index is 11.7. The number of hydrogen-bond donors (Lipinski definition) is 2. The van der Waals surface area contributed by atoms with Crippen LogP contribution in [0.5, 0.6) is 5.75 Å². The molecule has 0 spiro atoms. The Kier molecular flexibility index (Phi) is 4.21. The summed E-state index contributed by atoms with van der Waals surface area (Å²) in [6.07, 6.45) is -2.73. The number of benzene rings is 2. The number of rotatable bonds is 3. The average Bonchev–Trinajstić information content (AvgIpc) is 2.58. The van der Waals surface area contributed by atoms with Crippen molar-refractivity contribution in [3.05, 3.63) is 74.8 Å². The van der Waals surface area contributed by atoms with E-state index in [1.54, 1.807) is 36.4 Å². The van der Waals surface area contributed by atoms with Crippen LogP contribution in [0.25, 0.3) is 0 Å². The van der Waals surface area contributed by atoms with Crippen molar-refractivity contribution in [2.45, 2.75) is 30.7 Å². The zero-order chi connectivity index (χ0) is 17.5. The van der Waals surface area contributed by atoms with E-state index in [2.05, 4.69) is 0 Å². The van der Waals surface area contributed by atoms with Gasteiger partial charge in [-0.05, 0) is 30.2 Å². The molecule has 1 heterocycles. The Morgan fingerprint density at radius 2 is 1.96 bits per heavy atom. The Morgan fingerprint density at radius 1 is 1.29 bits per heavy atom. The summed E-state index contributed by atoms with van der Waals surface area (Å²) in [6, 6.07) is 11.6. The van der Waals surface area contributed by atoms with Crippen LogP contribution in [-0.2, 0) is 6.61 Å². The maximum Gasteiger partial charge on any atom is 0.364 e. The molecule has 3 rings (SSSR count). The summed E-state index contributed by atoms with van der Waals surface area (Å²) in [7, 11) is 0. The van der Waals surface area contributed by atoms with Crippen molar-refractivity contribution >= 4 is 11.6 Å². The highest BCUT2D eigenvalue weighted by atomic mass is 35.5. The summed E-state index contributed by atoms with van der Waals surface area (Å²) in [5.41, 5.74) is 2.28. The van der Waals surface area contributed by atoms with Crippen LogP contribution in [0.15, 0.2) is 42.5 Å². The first-order valence-electron chi connectivity index (χ1n) is 7.36. The Bertz CT molecular complexity index is 779. The number of fused-ring (bicyclic) bond motifs is 1. The van der Waals surface area contributed by atoms with Crippen LogP contribution in [0, 0.1) is 17.0 Å². The van der Waals surface area contributed by atoms with Gasteiger partial charge in [-0.25, -0.2) is 0 Å². The molecule has 0 amide bonds. The molecule has 1 aliphatic rings. The number of hydrogen-bond acceptors (Lipinski definition) is 5. The molecule has 1 aliphatic heterocycles. The molecule has 0 fully saturated rings. The number of aliphatic hydroxyl groups excluding tert-OH is 2. The van der Waals surface area contributed by atoms with E-state index in [0.717, 1.165) is 5.56 Å². The van der Waals surface area contributed by atoms with Gasteiger partial charge in [-0.1, -0.05) is 42.0 Å². The molecule has 2 N–H and O–H groups in total. The number of alkyl halides is 1. The zero-order valence-corrected chi connectivity index (χ0v) is 13.6. The lowest BCUT2D eigenvalue weighted by Crippen LogP contribution is -2.49. The fourth-order valence-corrected chi connectivity index (χ4v) is 3.10. The minimum absolute atomic E-state index is 0.205. The van der Waals surface area contributed by atoms with Crippen LogP contribution in [0.3, 0.4) is 0 Å². The Balaban J connectivity index is 2.15. The lowest BCUT2D eigenvalue weighted by atomic mass is 9.89. The number of aliphatic hydroxyl groups is 2. The summed E-state index contributed by atoms with van der Waals surface area (Å²) >= 11 is 6.28. The van der Waals surface area contributed by atoms with E-state index in [0.29, 0.717) is 11.1 Å². The third kappa shape index (κ3) is 2.53. The average molecular weight is 350 g/mol. The smallest absolute Gasteiger partial charge is 0.364 e. The molecule has 0 aromatic heterocycles. The van der Waals surface area contributed by atoms with E-state index < -0.39 is 22.1 Å². The predicted molar refractivity (Wildman–Crippen MR) is 87.5 cm³/mol. The highest BCUT2D eigenvalue weighted by molar-refractivity contribution is 6.23. The summed E-state index contributed by atoms with van der Waals surface area (Å²) in [4.78, 5) is 8.70. The van der Waals surface area contributed by atoms with Gasteiger partial charge in [-0.3, -0.25) is 10.1 Å². The van der Waals surface area contributed by atoms with Crippen molar-refractivity contribution in [2.24, 2.45) is 0 Å². The van der Waals surface area contributed by atoms with Gasteiger partial charge in [0.05, 0.1) is 11.5 Å². The summed E-state index contributed by atoms with van der Waals surface area (Å²) in [6.45, 7) is 1.69. The first-order chi connectivity index (χ1) is 11.4. The molecule has 24 heavy (non-hydrogen) atoms. The van der Waals surface area contributed by atoms with Crippen LogP contribution in [0.2, 0.25) is 0 Å². The molecule has 0 unspecified atom stereocenters. The number of halogens is 1. The molecule has 0 bridgehead atoms. The van der Waals surface area contributed by atoms with Gasteiger partial charge < -0.3 is 14.9 Å². The Morgan fingerprint density at radius 3 is 2.54 bits per heavy atom. The van der Waals surface area contributed by atoms with Crippen molar-refractivity contribution in [3.63, 3.8) is 0 Å². The fourth-order valence-electron chi connectivity index (χ4n) is 2.81. The minimum atomic E-state index is -2.25. The standard InChI is InChI=1S/C17H16ClNO5/c1-10-2-5-12(6-3-10)16-17(18,19(22)23)15(21)13-7-4-11(9-20)8-14(13)24-16/h2-8,15-16,20-21H,9H2,1H3/t15-,16-,17+/m0/s1. The van der Waals surface area contributed by atoms with Gasteiger partial charge in [-0.2, -0.15) is 0 Å². The molecule has 0 radical (unpaired) electrons. The summed E-state index contributed by atoms with van der Waals surface area (Å²) in [5.74, 6) is 0.276. The molecule has 6 nitrogen and oxygen atoms in total. The van der Waals surface area contributed by atoms with Gasteiger partial charge >= 0.3 is 5.00 Å². The summed E-state index contributed by atoms with van der Waals surface area (Å²) in [5, 5.41) is 31.5.